The van der Waals surface area contributed by atoms with Gasteiger partial charge >= 0.3 is 0 Å². The summed E-state index contributed by atoms with van der Waals surface area (Å²) in [6, 6.07) is 24.1. The molecule has 0 radical (unpaired) electrons. The second kappa shape index (κ2) is 7.58. The molecule has 0 saturated carbocycles. The van der Waals surface area contributed by atoms with Gasteiger partial charge < -0.3 is 4.74 Å². The van der Waals surface area contributed by atoms with E-state index >= 15 is 0 Å². The molecule has 0 heterocycles. The summed E-state index contributed by atoms with van der Waals surface area (Å²) in [5.74, 6) is 0.305. The van der Waals surface area contributed by atoms with Crippen LogP contribution in [-0.2, 0) is 0 Å². The van der Waals surface area contributed by atoms with Crippen LogP contribution >= 0.6 is 0 Å². The van der Waals surface area contributed by atoms with E-state index in [0.29, 0.717) is 16.9 Å². The Labute approximate surface area is 146 Å². The van der Waals surface area contributed by atoms with Crippen molar-refractivity contribution in [2.24, 2.45) is 0 Å². The first-order chi connectivity index (χ1) is 12.2. The molecule has 0 fully saturated rings. The maximum absolute atomic E-state index is 12.4. The predicted molar refractivity (Wildman–Crippen MR) is 98.2 cm³/mol. The van der Waals surface area contributed by atoms with Crippen LogP contribution in [0.15, 0.2) is 78.9 Å². The van der Waals surface area contributed by atoms with E-state index in [1.165, 1.54) is 0 Å². The lowest BCUT2D eigenvalue weighted by molar-refractivity contribution is 0.0894. The van der Waals surface area contributed by atoms with Crippen molar-refractivity contribution in [3.05, 3.63) is 90.0 Å². The van der Waals surface area contributed by atoms with Gasteiger partial charge in [0.2, 0.25) is 0 Å². The fourth-order valence-electron chi connectivity index (χ4n) is 2.61. The van der Waals surface area contributed by atoms with Crippen molar-refractivity contribution in [3.8, 4) is 16.9 Å². The van der Waals surface area contributed by atoms with Gasteiger partial charge in [-0.3, -0.25) is 9.59 Å². The summed E-state index contributed by atoms with van der Waals surface area (Å²) in [4.78, 5) is 24.6. The topological polar surface area (TPSA) is 43.4 Å². The van der Waals surface area contributed by atoms with Gasteiger partial charge in [-0.05, 0) is 35.4 Å². The van der Waals surface area contributed by atoms with Gasteiger partial charge in [-0.15, -0.1) is 0 Å². The molecule has 0 unspecified atom stereocenters. The number of benzene rings is 3. The molecule has 3 nitrogen and oxygen atoms in total. The molecule has 3 aromatic rings. The van der Waals surface area contributed by atoms with Crippen molar-refractivity contribution in [3.63, 3.8) is 0 Å². The molecule has 0 aromatic heterocycles. The van der Waals surface area contributed by atoms with Crippen molar-refractivity contribution in [1.82, 2.24) is 0 Å². The molecule has 0 bridgehead atoms. The molecule has 0 N–H and O–H groups in total. The van der Waals surface area contributed by atoms with Crippen LogP contribution in [0.5, 0.6) is 5.75 Å². The first-order valence-electron chi connectivity index (χ1n) is 8.03. The second-order valence-electron chi connectivity index (χ2n) is 5.70. The van der Waals surface area contributed by atoms with Crippen molar-refractivity contribution in [2.75, 3.05) is 7.11 Å². The van der Waals surface area contributed by atoms with E-state index in [9.17, 15) is 9.59 Å². The monoisotopic (exact) mass is 330 g/mol. The SMILES string of the molecule is COc1ccc(C(=O)CC(=O)c2ccc(-c3ccccc3)cc2)cc1. The Morgan fingerprint density at radius 1 is 0.680 bits per heavy atom. The minimum Gasteiger partial charge on any atom is -0.497 e. The first kappa shape index (κ1) is 16.7. The van der Waals surface area contributed by atoms with E-state index in [4.69, 9.17) is 4.74 Å². The van der Waals surface area contributed by atoms with Gasteiger partial charge in [0, 0.05) is 11.1 Å². The molecule has 3 aromatic carbocycles. The molecule has 0 saturated heterocycles. The van der Waals surface area contributed by atoms with Crippen LogP contribution in [0.2, 0.25) is 0 Å². The Bertz CT molecular complexity index is 863. The number of ketones is 2. The van der Waals surface area contributed by atoms with Crippen LogP contribution in [0.1, 0.15) is 27.1 Å². The second-order valence-corrected chi connectivity index (χ2v) is 5.70. The molecular formula is C22H18O3. The Morgan fingerprint density at radius 2 is 1.16 bits per heavy atom. The van der Waals surface area contributed by atoms with Gasteiger partial charge in [0.25, 0.3) is 0 Å². The highest BCUT2D eigenvalue weighted by atomic mass is 16.5. The zero-order valence-electron chi connectivity index (χ0n) is 13.9. The lowest BCUT2D eigenvalue weighted by atomic mass is 9.99. The van der Waals surface area contributed by atoms with Gasteiger partial charge in [-0.25, -0.2) is 0 Å². The fourth-order valence-corrected chi connectivity index (χ4v) is 2.61. The molecule has 3 rings (SSSR count). The summed E-state index contributed by atoms with van der Waals surface area (Å²) in [6.45, 7) is 0. The van der Waals surface area contributed by atoms with Gasteiger partial charge in [-0.2, -0.15) is 0 Å². The minimum atomic E-state index is -0.195. The van der Waals surface area contributed by atoms with Crippen molar-refractivity contribution in [1.29, 1.82) is 0 Å². The van der Waals surface area contributed by atoms with E-state index in [1.54, 1.807) is 43.5 Å². The Morgan fingerprint density at radius 3 is 1.68 bits per heavy atom. The number of Topliss-reactive ketones (excluding diaryl/α,β-unsaturated/α-hetero) is 2. The number of methoxy groups -OCH3 is 1. The summed E-state index contributed by atoms with van der Waals surface area (Å²) >= 11 is 0. The van der Waals surface area contributed by atoms with Crippen molar-refractivity contribution in [2.45, 2.75) is 6.42 Å². The van der Waals surface area contributed by atoms with E-state index in [0.717, 1.165) is 11.1 Å². The zero-order chi connectivity index (χ0) is 17.6. The van der Waals surface area contributed by atoms with E-state index in [2.05, 4.69) is 0 Å². The van der Waals surface area contributed by atoms with Crippen LogP contribution < -0.4 is 4.74 Å². The normalized spacial score (nSPS) is 10.3. The van der Waals surface area contributed by atoms with Crippen LogP contribution in [0.25, 0.3) is 11.1 Å². The Balaban J connectivity index is 1.69. The van der Waals surface area contributed by atoms with Gasteiger partial charge in [0.1, 0.15) is 5.75 Å². The number of carbonyl (C=O) groups excluding carboxylic acids is 2. The van der Waals surface area contributed by atoms with E-state index in [1.807, 2.05) is 42.5 Å². The van der Waals surface area contributed by atoms with E-state index in [-0.39, 0.29) is 18.0 Å². The first-order valence-corrected chi connectivity index (χ1v) is 8.03. The standard InChI is InChI=1S/C22H18O3/c1-25-20-13-11-19(12-14-20)22(24)15-21(23)18-9-7-17(8-10-18)16-5-3-2-4-6-16/h2-14H,15H2,1H3. The smallest absolute Gasteiger partial charge is 0.170 e. The highest BCUT2D eigenvalue weighted by Crippen LogP contribution is 2.20. The Kier molecular flexibility index (Phi) is 5.05. The molecule has 0 spiro atoms. The van der Waals surface area contributed by atoms with Crippen molar-refractivity contribution >= 4 is 11.6 Å². The zero-order valence-corrected chi connectivity index (χ0v) is 13.9. The lowest BCUT2D eigenvalue weighted by Crippen LogP contribution is -2.08. The summed E-state index contributed by atoms with van der Waals surface area (Å²) < 4.78 is 5.07. The minimum absolute atomic E-state index is 0.142. The van der Waals surface area contributed by atoms with Gasteiger partial charge in [0.15, 0.2) is 11.6 Å². The predicted octanol–water partition coefficient (Wildman–Crippen LogP) is 4.82. The summed E-state index contributed by atoms with van der Waals surface area (Å²) in [7, 11) is 1.57. The Hall–Kier alpha value is -3.20. The molecule has 3 heteroatoms. The molecule has 0 aliphatic heterocycles. The number of rotatable bonds is 6. The highest BCUT2D eigenvalue weighted by Gasteiger charge is 2.14. The number of hydrogen-bond donors (Lipinski definition) is 0. The number of ether oxygens (including phenoxy) is 1. The third-order valence-electron chi connectivity index (χ3n) is 4.05. The van der Waals surface area contributed by atoms with Crippen LogP contribution in [0.4, 0.5) is 0 Å². The molecule has 0 amide bonds. The van der Waals surface area contributed by atoms with Gasteiger partial charge in [0.05, 0.1) is 13.5 Å². The average molecular weight is 330 g/mol. The molecular weight excluding hydrogens is 312 g/mol. The number of carbonyl (C=O) groups is 2. The molecule has 0 aliphatic rings. The van der Waals surface area contributed by atoms with E-state index < -0.39 is 0 Å². The number of hydrogen-bond acceptors (Lipinski definition) is 3. The van der Waals surface area contributed by atoms with Crippen LogP contribution in [0.3, 0.4) is 0 Å². The van der Waals surface area contributed by atoms with Crippen LogP contribution in [-0.4, -0.2) is 18.7 Å². The molecule has 25 heavy (non-hydrogen) atoms. The fraction of sp³-hybridized carbons (Fsp3) is 0.0909. The largest absolute Gasteiger partial charge is 0.497 e. The lowest BCUT2D eigenvalue weighted by Gasteiger charge is -2.05. The summed E-state index contributed by atoms with van der Waals surface area (Å²) in [5, 5.41) is 0. The van der Waals surface area contributed by atoms with Gasteiger partial charge in [-0.1, -0.05) is 54.6 Å². The summed E-state index contributed by atoms with van der Waals surface area (Å²) in [6.07, 6.45) is -0.142. The maximum atomic E-state index is 12.4. The quantitative estimate of drug-likeness (QED) is 0.481. The average Bonchev–Trinajstić information content (AvgIpc) is 2.68. The van der Waals surface area contributed by atoms with Crippen LogP contribution in [0, 0.1) is 0 Å². The highest BCUT2D eigenvalue weighted by molar-refractivity contribution is 6.13. The maximum Gasteiger partial charge on any atom is 0.170 e. The molecule has 0 aliphatic carbocycles. The third-order valence-corrected chi connectivity index (χ3v) is 4.05. The van der Waals surface area contributed by atoms with Crippen molar-refractivity contribution < 1.29 is 14.3 Å². The third kappa shape index (κ3) is 4.01. The molecule has 0 atom stereocenters. The summed E-state index contributed by atoms with van der Waals surface area (Å²) in [5.41, 5.74) is 3.19. The molecule has 124 valence electrons.